The number of nitrogens with two attached hydrogens (primary N) is 1. The van der Waals surface area contributed by atoms with Gasteiger partial charge in [-0.25, -0.2) is 0 Å². The number of thiophene rings is 1. The van der Waals surface area contributed by atoms with Crippen LogP contribution in [0.3, 0.4) is 0 Å². The quantitative estimate of drug-likeness (QED) is 0.667. The van der Waals surface area contributed by atoms with Crippen LogP contribution in [0.25, 0.3) is 10.1 Å². The van der Waals surface area contributed by atoms with Crippen molar-refractivity contribution in [3.05, 3.63) is 35.7 Å². The number of nitrogens with one attached hydrogen (secondary N) is 2. The highest BCUT2D eigenvalue weighted by atomic mass is 32.1. The lowest BCUT2D eigenvalue weighted by Gasteiger charge is -2.09. The molecule has 3 aromatic rings. The van der Waals surface area contributed by atoms with Gasteiger partial charge in [-0.05, 0) is 41.5 Å². The molecule has 0 amide bonds. The van der Waals surface area contributed by atoms with Crippen molar-refractivity contribution in [1.29, 1.82) is 0 Å². The van der Waals surface area contributed by atoms with E-state index >= 15 is 0 Å². The molecule has 0 fully saturated rings. The molecule has 2 aromatic heterocycles. The number of hydrogen-bond acceptors (Lipinski definition) is 6. The molecule has 0 saturated heterocycles. The van der Waals surface area contributed by atoms with Gasteiger partial charge in [-0.3, -0.25) is 0 Å². The lowest BCUT2D eigenvalue weighted by Crippen LogP contribution is -2.06. The molecule has 3 rings (SSSR count). The monoisotopic (exact) mass is 299 g/mol. The minimum Gasteiger partial charge on any atom is -0.370 e. The van der Waals surface area contributed by atoms with Crippen LogP contribution in [0.4, 0.5) is 23.3 Å². The lowest BCUT2D eigenvalue weighted by atomic mass is 10.2. The summed E-state index contributed by atoms with van der Waals surface area (Å²) in [6.07, 6.45) is 1.03. The Morgan fingerprint density at radius 3 is 2.86 bits per heavy atom. The van der Waals surface area contributed by atoms with Gasteiger partial charge in [0.2, 0.25) is 5.95 Å². The lowest BCUT2D eigenvalue weighted by molar-refractivity contribution is 0.967. The Morgan fingerprint density at radius 1 is 1.14 bits per heavy atom. The highest BCUT2D eigenvalue weighted by molar-refractivity contribution is 7.17. The molecule has 4 N–H and O–H groups in total. The molecule has 21 heavy (non-hydrogen) atoms. The van der Waals surface area contributed by atoms with Crippen LogP contribution in [0.2, 0.25) is 0 Å². The summed E-state index contributed by atoms with van der Waals surface area (Å²) in [5.74, 6) is 1.69. The van der Waals surface area contributed by atoms with E-state index in [1.54, 1.807) is 11.3 Å². The average Bonchev–Trinajstić information content (AvgIpc) is 2.92. The highest BCUT2D eigenvalue weighted by Gasteiger charge is 2.04. The zero-order chi connectivity index (χ0) is 14.7. The van der Waals surface area contributed by atoms with Gasteiger partial charge in [0.25, 0.3) is 0 Å². The summed E-state index contributed by atoms with van der Waals surface area (Å²) in [7, 11) is 0. The van der Waals surface area contributed by atoms with E-state index in [2.05, 4.69) is 51.1 Å². The van der Waals surface area contributed by atoms with Gasteiger partial charge in [0.15, 0.2) is 0 Å². The fourth-order valence-corrected chi connectivity index (χ4v) is 2.84. The van der Waals surface area contributed by atoms with Gasteiger partial charge in [-0.15, -0.1) is 11.3 Å². The maximum absolute atomic E-state index is 5.76. The third-order valence-electron chi connectivity index (χ3n) is 3.02. The highest BCUT2D eigenvalue weighted by Crippen LogP contribution is 2.26. The number of anilines is 4. The number of fused-ring (bicyclic) bond motifs is 1. The largest absolute Gasteiger partial charge is 0.370 e. The van der Waals surface area contributed by atoms with Gasteiger partial charge >= 0.3 is 0 Å². The third-order valence-corrected chi connectivity index (χ3v) is 3.92. The number of nitrogen functional groups attached to an aromatic ring is 1. The first-order chi connectivity index (χ1) is 10.2. The molecule has 0 atom stereocenters. The summed E-state index contributed by atoms with van der Waals surface area (Å²) in [4.78, 5) is 8.39. The first kappa shape index (κ1) is 13.6. The van der Waals surface area contributed by atoms with Crippen molar-refractivity contribution in [3.8, 4) is 0 Å². The van der Waals surface area contributed by atoms with Gasteiger partial charge in [0, 0.05) is 23.0 Å². The summed E-state index contributed by atoms with van der Waals surface area (Å²) in [5, 5.41) is 9.80. The van der Waals surface area contributed by atoms with Crippen molar-refractivity contribution in [2.24, 2.45) is 0 Å². The van der Waals surface area contributed by atoms with Crippen LogP contribution in [0.1, 0.15) is 13.3 Å². The Labute approximate surface area is 127 Å². The molecule has 108 valence electrons. The molecule has 0 aliphatic carbocycles. The Kier molecular flexibility index (Phi) is 3.87. The van der Waals surface area contributed by atoms with Crippen LogP contribution in [-0.2, 0) is 0 Å². The van der Waals surface area contributed by atoms with Gasteiger partial charge in [-0.2, -0.15) is 9.97 Å². The van der Waals surface area contributed by atoms with Gasteiger partial charge in [-0.1, -0.05) is 6.92 Å². The van der Waals surface area contributed by atoms with Crippen molar-refractivity contribution < 1.29 is 0 Å². The van der Waals surface area contributed by atoms with E-state index in [1.165, 1.54) is 10.1 Å². The Balaban J connectivity index is 1.84. The molecule has 0 unspecified atom stereocenters. The first-order valence-electron chi connectivity index (χ1n) is 6.87. The van der Waals surface area contributed by atoms with E-state index in [0.29, 0.717) is 5.82 Å². The van der Waals surface area contributed by atoms with Crippen LogP contribution >= 0.6 is 11.3 Å². The van der Waals surface area contributed by atoms with Crippen molar-refractivity contribution >= 4 is 44.7 Å². The minimum absolute atomic E-state index is 0.259. The molecule has 0 radical (unpaired) electrons. The van der Waals surface area contributed by atoms with E-state index in [1.807, 2.05) is 12.1 Å². The number of hydrogen-bond donors (Lipinski definition) is 3. The van der Waals surface area contributed by atoms with Crippen LogP contribution in [-0.4, -0.2) is 16.5 Å². The molecule has 2 heterocycles. The van der Waals surface area contributed by atoms with E-state index < -0.39 is 0 Å². The zero-order valence-electron chi connectivity index (χ0n) is 11.8. The van der Waals surface area contributed by atoms with Gasteiger partial charge in [0.1, 0.15) is 11.6 Å². The normalized spacial score (nSPS) is 10.7. The van der Waals surface area contributed by atoms with E-state index in [-0.39, 0.29) is 5.95 Å². The fraction of sp³-hybridized carbons (Fsp3) is 0.200. The maximum Gasteiger partial charge on any atom is 0.223 e. The molecule has 0 saturated carbocycles. The van der Waals surface area contributed by atoms with Crippen LogP contribution in [0, 0.1) is 0 Å². The zero-order valence-corrected chi connectivity index (χ0v) is 12.6. The molecular formula is C15H17N5S. The van der Waals surface area contributed by atoms with Crippen LogP contribution in [0.5, 0.6) is 0 Å². The van der Waals surface area contributed by atoms with Crippen molar-refractivity contribution in [2.45, 2.75) is 13.3 Å². The van der Waals surface area contributed by atoms with E-state index in [0.717, 1.165) is 24.5 Å². The van der Waals surface area contributed by atoms with Crippen LogP contribution in [0.15, 0.2) is 35.7 Å². The summed E-state index contributed by atoms with van der Waals surface area (Å²) >= 11 is 1.73. The average molecular weight is 299 g/mol. The summed E-state index contributed by atoms with van der Waals surface area (Å²) in [6, 6.07) is 10.2. The number of nitrogens with zero attached hydrogens (tertiary/aromatic N) is 2. The second-order valence-corrected chi connectivity index (χ2v) is 5.67. The van der Waals surface area contributed by atoms with Gasteiger partial charge in [0.05, 0.1) is 0 Å². The molecule has 5 nitrogen and oxygen atoms in total. The molecule has 0 spiro atoms. The Bertz CT molecular complexity index is 753. The van der Waals surface area contributed by atoms with E-state index in [9.17, 15) is 0 Å². The fourth-order valence-electron chi connectivity index (χ4n) is 2.07. The number of rotatable bonds is 5. The SMILES string of the molecule is CCCNc1cc(Nc2ccc3sccc3c2)nc(N)n1. The first-order valence-corrected chi connectivity index (χ1v) is 7.75. The second-order valence-electron chi connectivity index (χ2n) is 4.72. The molecule has 0 aliphatic heterocycles. The summed E-state index contributed by atoms with van der Waals surface area (Å²) < 4.78 is 1.27. The molecule has 6 heteroatoms. The minimum atomic E-state index is 0.259. The number of benzene rings is 1. The molecular weight excluding hydrogens is 282 g/mol. The summed E-state index contributed by atoms with van der Waals surface area (Å²) in [6.45, 7) is 2.96. The molecule has 1 aromatic carbocycles. The van der Waals surface area contributed by atoms with Gasteiger partial charge < -0.3 is 16.4 Å². The predicted octanol–water partition coefficient (Wildman–Crippen LogP) is 3.84. The Morgan fingerprint density at radius 2 is 2.00 bits per heavy atom. The standard InChI is InChI=1S/C15H17N5S/c1-2-6-17-13-9-14(20-15(16)19-13)18-11-3-4-12-10(8-11)5-7-21-12/h3-5,7-9H,2,6H2,1H3,(H4,16,17,18,19,20). The number of aromatic nitrogens is 2. The van der Waals surface area contributed by atoms with Crippen molar-refractivity contribution in [3.63, 3.8) is 0 Å². The topological polar surface area (TPSA) is 75.9 Å². The van der Waals surface area contributed by atoms with Crippen molar-refractivity contribution in [2.75, 3.05) is 22.9 Å². The van der Waals surface area contributed by atoms with Crippen LogP contribution < -0.4 is 16.4 Å². The summed E-state index contributed by atoms with van der Waals surface area (Å²) in [5.41, 5.74) is 6.74. The van der Waals surface area contributed by atoms with E-state index in [4.69, 9.17) is 5.73 Å². The maximum atomic E-state index is 5.76. The smallest absolute Gasteiger partial charge is 0.223 e. The van der Waals surface area contributed by atoms with Crippen molar-refractivity contribution in [1.82, 2.24) is 9.97 Å². The molecule has 0 aliphatic rings. The molecule has 0 bridgehead atoms. The third kappa shape index (κ3) is 3.22. The second kappa shape index (κ2) is 5.97. The predicted molar refractivity (Wildman–Crippen MR) is 90.3 cm³/mol. The Hall–Kier alpha value is -2.34.